The maximum absolute atomic E-state index is 11.5. The standard InChI is InChI=1S/C28H49NO4/c1-5-6-7-8-9-10-11-12-13-14-15-18-21-32-27-20-17-16-19-25(27)22-26(23-30)29(24-31)33-28(2,3)4/h16-17,19-20,24,26,30H,5-15,18,21-23H2,1-4H3. The molecule has 0 heterocycles. The molecule has 0 fully saturated rings. The fraction of sp³-hybridized carbons (Fsp3) is 0.750. The molecule has 0 aliphatic rings. The highest BCUT2D eigenvalue weighted by atomic mass is 16.7. The van der Waals surface area contributed by atoms with E-state index in [2.05, 4.69) is 6.92 Å². The van der Waals surface area contributed by atoms with E-state index in [1.807, 2.05) is 45.0 Å². The van der Waals surface area contributed by atoms with E-state index < -0.39 is 11.6 Å². The van der Waals surface area contributed by atoms with E-state index in [9.17, 15) is 9.90 Å². The van der Waals surface area contributed by atoms with Gasteiger partial charge >= 0.3 is 0 Å². The fourth-order valence-corrected chi connectivity index (χ4v) is 3.93. The first kappa shape index (κ1) is 29.4. The quantitative estimate of drug-likeness (QED) is 0.130. The summed E-state index contributed by atoms with van der Waals surface area (Å²) in [6.07, 6.45) is 17.0. The van der Waals surface area contributed by atoms with Crippen LogP contribution in [0.25, 0.3) is 0 Å². The van der Waals surface area contributed by atoms with Gasteiger partial charge in [-0.3, -0.25) is 9.63 Å². The van der Waals surface area contributed by atoms with Crippen molar-refractivity contribution in [3.05, 3.63) is 29.8 Å². The Balaban J connectivity index is 2.30. The molecule has 1 amide bonds. The van der Waals surface area contributed by atoms with Gasteiger partial charge in [0.15, 0.2) is 0 Å². The van der Waals surface area contributed by atoms with E-state index in [1.165, 1.54) is 75.7 Å². The number of amides is 1. The van der Waals surface area contributed by atoms with Crippen LogP contribution in [0, 0.1) is 0 Å². The number of benzene rings is 1. The Morgan fingerprint density at radius 1 is 0.909 bits per heavy atom. The van der Waals surface area contributed by atoms with Crippen molar-refractivity contribution in [2.75, 3.05) is 13.2 Å². The summed E-state index contributed by atoms with van der Waals surface area (Å²) in [5.41, 5.74) is 0.457. The van der Waals surface area contributed by atoms with Gasteiger partial charge in [-0.25, -0.2) is 5.06 Å². The summed E-state index contributed by atoms with van der Waals surface area (Å²) in [4.78, 5) is 17.2. The van der Waals surface area contributed by atoms with E-state index in [1.54, 1.807) is 0 Å². The van der Waals surface area contributed by atoms with Crippen molar-refractivity contribution in [2.45, 2.75) is 123 Å². The Kier molecular flexibility index (Phi) is 15.9. The molecule has 1 unspecified atom stereocenters. The summed E-state index contributed by atoms with van der Waals surface area (Å²) in [7, 11) is 0. The number of carbonyl (C=O) groups excluding carboxylic acids is 1. The number of hydroxylamine groups is 2. The SMILES string of the molecule is CCCCCCCCCCCCCCOc1ccccc1CC(CO)N(C=O)OC(C)(C)C. The number of rotatable bonds is 20. The molecule has 5 heteroatoms. The van der Waals surface area contributed by atoms with Crippen molar-refractivity contribution in [1.82, 2.24) is 5.06 Å². The van der Waals surface area contributed by atoms with Crippen LogP contribution < -0.4 is 4.74 Å². The molecule has 0 aliphatic carbocycles. The Labute approximate surface area is 202 Å². The van der Waals surface area contributed by atoms with E-state index in [4.69, 9.17) is 9.57 Å². The van der Waals surface area contributed by atoms with Gasteiger partial charge in [-0.05, 0) is 38.8 Å². The van der Waals surface area contributed by atoms with Gasteiger partial charge in [0.2, 0.25) is 6.41 Å². The lowest BCUT2D eigenvalue weighted by Crippen LogP contribution is -2.43. The first-order valence-electron chi connectivity index (χ1n) is 13.2. The molecule has 33 heavy (non-hydrogen) atoms. The summed E-state index contributed by atoms with van der Waals surface area (Å²) in [5, 5.41) is 11.1. The molecule has 5 nitrogen and oxygen atoms in total. The fourth-order valence-electron chi connectivity index (χ4n) is 3.93. The summed E-state index contributed by atoms with van der Waals surface area (Å²) in [6.45, 7) is 8.41. The number of ether oxygens (including phenoxy) is 1. The molecule has 0 spiro atoms. The van der Waals surface area contributed by atoms with E-state index >= 15 is 0 Å². The molecule has 0 bridgehead atoms. The zero-order valence-corrected chi connectivity index (χ0v) is 21.7. The van der Waals surface area contributed by atoms with Crippen LogP contribution in [0.2, 0.25) is 0 Å². The van der Waals surface area contributed by atoms with Gasteiger partial charge in [0.1, 0.15) is 5.75 Å². The molecule has 0 saturated carbocycles. The van der Waals surface area contributed by atoms with Crippen LogP contribution >= 0.6 is 0 Å². The first-order chi connectivity index (χ1) is 15.9. The Bertz CT molecular complexity index is 614. The third kappa shape index (κ3) is 14.3. The van der Waals surface area contributed by atoms with E-state index in [0.29, 0.717) is 19.4 Å². The molecule has 0 aliphatic heterocycles. The minimum Gasteiger partial charge on any atom is -0.493 e. The van der Waals surface area contributed by atoms with Crippen LogP contribution in [0.3, 0.4) is 0 Å². The van der Waals surface area contributed by atoms with Gasteiger partial charge in [-0.15, -0.1) is 0 Å². The van der Waals surface area contributed by atoms with Crippen molar-refractivity contribution < 1.29 is 19.5 Å². The predicted molar refractivity (Wildman–Crippen MR) is 136 cm³/mol. The Hall–Kier alpha value is -1.59. The minimum atomic E-state index is -0.515. The van der Waals surface area contributed by atoms with Crippen molar-refractivity contribution in [3.8, 4) is 5.75 Å². The lowest BCUT2D eigenvalue weighted by atomic mass is 10.0. The van der Waals surface area contributed by atoms with Crippen molar-refractivity contribution in [2.24, 2.45) is 0 Å². The summed E-state index contributed by atoms with van der Waals surface area (Å²) < 4.78 is 6.06. The van der Waals surface area contributed by atoms with E-state index in [0.717, 1.165) is 17.7 Å². The second kappa shape index (κ2) is 17.8. The molecule has 190 valence electrons. The third-order valence-corrected chi connectivity index (χ3v) is 5.74. The van der Waals surface area contributed by atoms with Gasteiger partial charge in [-0.1, -0.05) is 95.8 Å². The molecule has 1 atom stereocenters. The van der Waals surface area contributed by atoms with Gasteiger partial charge in [0.05, 0.1) is 24.9 Å². The Morgan fingerprint density at radius 2 is 1.45 bits per heavy atom. The van der Waals surface area contributed by atoms with Gasteiger partial charge in [0.25, 0.3) is 0 Å². The second-order valence-electron chi connectivity index (χ2n) is 10.1. The van der Waals surface area contributed by atoms with Crippen molar-refractivity contribution >= 4 is 6.41 Å². The average Bonchev–Trinajstić information content (AvgIpc) is 2.79. The average molecular weight is 464 g/mol. The highest BCUT2D eigenvalue weighted by Gasteiger charge is 2.24. The van der Waals surface area contributed by atoms with Crippen LogP contribution in [0.5, 0.6) is 5.75 Å². The maximum atomic E-state index is 11.5. The highest BCUT2D eigenvalue weighted by molar-refractivity contribution is 5.46. The van der Waals surface area contributed by atoms with E-state index in [-0.39, 0.29) is 6.61 Å². The molecule has 1 aromatic carbocycles. The van der Waals surface area contributed by atoms with Crippen molar-refractivity contribution in [1.29, 1.82) is 0 Å². The summed E-state index contributed by atoms with van der Waals surface area (Å²) in [5.74, 6) is 0.820. The van der Waals surface area contributed by atoms with Crippen LogP contribution in [0.4, 0.5) is 0 Å². The second-order valence-corrected chi connectivity index (χ2v) is 10.1. The smallest absolute Gasteiger partial charge is 0.233 e. The molecule has 1 rings (SSSR count). The lowest BCUT2D eigenvalue weighted by Gasteiger charge is -2.32. The number of aliphatic hydroxyl groups excluding tert-OH is 1. The van der Waals surface area contributed by atoms with Crippen LogP contribution in [0.15, 0.2) is 24.3 Å². The minimum absolute atomic E-state index is 0.179. The van der Waals surface area contributed by atoms with Gasteiger partial charge in [0, 0.05) is 6.42 Å². The zero-order valence-electron chi connectivity index (χ0n) is 21.7. The van der Waals surface area contributed by atoms with Crippen LogP contribution in [-0.2, 0) is 16.1 Å². The predicted octanol–water partition coefficient (Wildman–Crippen LogP) is 6.86. The largest absolute Gasteiger partial charge is 0.493 e. The molecule has 1 aromatic rings. The molecular formula is C28H49NO4. The zero-order chi connectivity index (χ0) is 24.4. The third-order valence-electron chi connectivity index (χ3n) is 5.74. The number of carbonyl (C=O) groups is 1. The van der Waals surface area contributed by atoms with Crippen LogP contribution in [0.1, 0.15) is 110 Å². The number of nitrogens with zero attached hydrogens (tertiary/aromatic N) is 1. The number of para-hydroxylation sites is 1. The Morgan fingerprint density at radius 3 is 1.97 bits per heavy atom. The summed E-state index contributed by atoms with van der Waals surface area (Å²) in [6, 6.07) is 7.40. The molecular weight excluding hydrogens is 414 g/mol. The lowest BCUT2D eigenvalue weighted by molar-refractivity contribution is -0.235. The number of hydrogen-bond donors (Lipinski definition) is 1. The topological polar surface area (TPSA) is 59.0 Å². The number of unbranched alkanes of at least 4 members (excludes halogenated alkanes) is 11. The highest BCUT2D eigenvalue weighted by Crippen LogP contribution is 2.23. The maximum Gasteiger partial charge on any atom is 0.233 e. The molecule has 1 N–H and O–H groups in total. The van der Waals surface area contributed by atoms with Crippen LogP contribution in [-0.4, -0.2) is 41.4 Å². The van der Waals surface area contributed by atoms with Gasteiger partial charge < -0.3 is 9.84 Å². The monoisotopic (exact) mass is 463 g/mol. The van der Waals surface area contributed by atoms with Crippen molar-refractivity contribution in [3.63, 3.8) is 0 Å². The molecule has 0 aromatic heterocycles. The first-order valence-corrected chi connectivity index (χ1v) is 13.2. The summed E-state index contributed by atoms with van der Waals surface area (Å²) >= 11 is 0. The normalized spacial score (nSPS) is 12.5. The number of aliphatic hydroxyl groups is 1. The van der Waals surface area contributed by atoms with Gasteiger partial charge in [-0.2, -0.15) is 0 Å². The molecule has 0 radical (unpaired) electrons. The molecule has 0 saturated heterocycles. The number of hydrogen-bond acceptors (Lipinski definition) is 4.